The summed E-state index contributed by atoms with van der Waals surface area (Å²) in [6.07, 6.45) is 0. The van der Waals surface area contributed by atoms with Crippen molar-refractivity contribution >= 4 is 76.2 Å². The highest BCUT2D eigenvalue weighted by molar-refractivity contribution is 6.28. The molecule has 232 valence electrons. The standard InChI is InChI=1S/C46H27N3O/c1-2-13-31-26-32(21-20-28(31)10-1)44-43-37-18-7-8-19-40(37)50-46(43)48-45(47-44)33-14-9-15-34(27-33)49-38-24-22-29-11-3-5-16-35(29)41(38)42-36-17-6-4-12-30(36)23-25-39(42)49/h1-27H. The van der Waals surface area contributed by atoms with Gasteiger partial charge in [0.15, 0.2) is 5.82 Å². The predicted molar refractivity (Wildman–Crippen MR) is 207 cm³/mol. The van der Waals surface area contributed by atoms with Crippen LogP contribution >= 0.6 is 0 Å². The molecule has 0 saturated heterocycles. The van der Waals surface area contributed by atoms with Gasteiger partial charge < -0.3 is 8.98 Å². The molecule has 11 rings (SSSR count). The molecule has 50 heavy (non-hydrogen) atoms. The molecule has 0 amide bonds. The number of nitrogens with zero attached hydrogens (tertiary/aromatic N) is 3. The lowest BCUT2D eigenvalue weighted by atomic mass is 10.00. The predicted octanol–water partition coefficient (Wildman–Crippen LogP) is 12.3. The number of fused-ring (bicyclic) bond motifs is 11. The third-order valence-electron chi connectivity index (χ3n) is 10.2. The minimum Gasteiger partial charge on any atom is -0.438 e. The average Bonchev–Trinajstić information content (AvgIpc) is 3.74. The summed E-state index contributed by atoms with van der Waals surface area (Å²) in [6, 6.07) is 58.0. The summed E-state index contributed by atoms with van der Waals surface area (Å²) in [5, 5.41) is 11.8. The molecule has 0 aliphatic rings. The molecule has 3 heterocycles. The van der Waals surface area contributed by atoms with Crippen molar-refractivity contribution in [3.8, 4) is 28.3 Å². The third-order valence-corrected chi connectivity index (χ3v) is 10.2. The quantitative estimate of drug-likeness (QED) is 0.194. The third kappa shape index (κ3) is 3.93. The Labute approximate surface area is 286 Å². The van der Waals surface area contributed by atoms with E-state index >= 15 is 0 Å². The fourth-order valence-electron chi connectivity index (χ4n) is 7.91. The van der Waals surface area contributed by atoms with Gasteiger partial charge in [-0.2, -0.15) is 4.98 Å². The molecule has 0 aliphatic heterocycles. The van der Waals surface area contributed by atoms with E-state index in [1.807, 2.05) is 18.2 Å². The summed E-state index contributed by atoms with van der Waals surface area (Å²) in [6.45, 7) is 0. The highest BCUT2D eigenvalue weighted by Gasteiger charge is 2.20. The number of aromatic nitrogens is 3. The van der Waals surface area contributed by atoms with Crippen LogP contribution in [0.4, 0.5) is 0 Å². The molecule has 4 nitrogen and oxygen atoms in total. The van der Waals surface area contributed by atoms with Gasteiger partial charge in [-0.3, -0.25) is 0 Å². The van der Waals surface area contributed by atoms with E-state index in [-0.39, 0.29) is 0 Å². The molecule has 4 heteroatoms. The molecule has 0 spiro atoms. The van der Waals surface area contributed by atoms with Gasteiger partial charge in [-0.25, -0.2) is 4.98 Å². The topological polar surface area (TPSA) is 43.9 Å². The highest BCUT2D eigenvalue weighted by atomic mass is 16.3. The van der Waals surface area contributed by atoms with Crippen LogP contribution < -0.4 is 0 Å². The Bertz CT molecular complexity index is 3070. The van der Waals surface area contributed by atoms with Crippen molar-refractivity contribution in [1.29, 1.82) is 0 Å². The summed E-state index contributed by atoms with van der Waals surface area (Å²) >= 11 is 0. The summed E-state index contributed by atoms with van der Waals surface area (Å²) < 4.78 is 8.79. The second kappa shape index (κ2) is 10.4. The normalized spacial score (nSPS) is 12.0. The van der Waals surface area contributed by atoms with Gasteiger partial charge in [-0.15, -0.1) is 0 Å². The van der Waals surface area contributed by atoms with Crippen molar-refractivity contribution < 1.29 is 4.42 Å². The molecule has 0 atom stereocenters. The first-order valence-corrected chi connectivity index (χ1v) is 16.9. The molecule has 0 unspecified atom stereocenters. The van der Waals surface area contributed by atoms with E-state index in [2.05, 4.69) is 150 Å². The van der Waals surface area contributed by atoms with Crippen LogP contribution in [-0.2, 0) is 0 Å². The first kappa shape index (κ1) is 27.2. The van der Waals surface area contributed by atoms with E-state index < -0.39 is 0 Å². The van der Waals surface area contributed by atoms with Crippen LogP contribution in [0.3, 0.4) is 0 Å². The van der Waals surface area contributed by atoms with Gasteiger partial charge in [0.05, 0.1) is 22.1 Å². The Morgan fingerprint density at radius 2 is 1.04 bits per heavy atom. The maximum atomic E-state index is 6.41. The van der Waals surface area contributed by atoms with Gasteiger partial charge in [0.25, 0.3) is 0 Å². The van der Waals surface area contributed by atoms with Crippen LogP contribution in [0.5, 0.6) is 0 Å². The fraction of sp³-hybridized carbons (Fsp3) is 0. The molecule has 0 aliphatic carbocycles. The number of hydrogen-bond acceptors (Lipinski definition) is 3. The lowest BCUT2D eigenvalue weighted by Crippen LogP contribution is -1.97. The van der Waals surface area contributed by atoms with E-state index in [9.17, 15) is 0 Å². The number of benzene rings is 8. The average molecular weight is 638 g/mol. The van der Waals surface area contributed by atoms with Crippen LogP contribution in [0.25, 0.3) is 105 Å². The zero-order valence-corrected chi connectivity index (χ0v) is 26.8. The number of rotatable bonds is 3. The van der Waals surface area contributed by atoms with Gasteiger partial charge in [0.2, 0.25) is 5.71 Å². The van der Waals surface area contributed by atoms with Crippen molar-refractivity contribution in [2.45, 2.75) is 0 Å². The van der Waals surface area contributed by atoms with Gasteiger partial charge in [0, 0.05) is 33.0 Å². The number of hydrogen-bond donors (Lipinski definition) is 0. The molecule has 0 saturated carbocycles. The molecule has 11 aromatic rings. The van der Waals surface area contributed by atoms with Crippen molar-refractivity contribution in [2.24, 2.45) is 0 Å². The van der Waals surface area contributed by atoms with E-state index in [0.29, 0.717) is 11.5 Å². The molecule has 0 N–H and O–H groups in total. The van der Waals surface area contributed by atoms with Gasteiger partial charge in [-0.05, 0) is 68.7 Å². The fourth-order valence-corrected chi connectivity index (χ4v) is 7.91. The van der Waals surface area contributed by atoms with Crippen LogP contribution in [0.2, 0.25) is 0 Å². The monoisotopic (exact) mass is 637 g/mol. The second-order valence-electron chi connectivity index (χ2n) is 13.0. The molecule has 0 bridgehead atoms. The maximum absolute atomic E-state index is 6.41. The van der Waals surface area contributed by atoms with Crippen molar-refractivity contribution in [3.63, 3.8) is 0 Å². The van der Waals surface area contributed by atoms with E-state index in [1.165, 1.54) is 43.1 Å². The summed E-state index contributed by atoms with van der Waals surface area (Å²) in [5.74, 6) is 0.623. The maximum Gasteiger partial charge on any atom is 0.231 e. The van der Waals surface area contributed by atoms with Crippen molar-refractivity contribution in [2.75, 3.05) is 0 Å². The van der Waals surface area contributed by atoms with Crippen molar-refractivity contribution in [3.05, 3.63) is 164 Å². The van der Waals surface area contributed by atoms with E-state index in [0.717, 1.165) is 49.9 Å². The first-order valence-electron chi connectivity index (χ1n) is 16.9. The number of para-hydroxylation sites is 1. The Hall–Kier alpha value is -6.78. The SMILES string of the molecule is c1cc(-c2nc(-c3ccc4ccccc4c3)c3c(n2)oc2ccccc23)cc(-n2c3ccc4ccccc4c3c3c4ccccc4ccc32)c1. The lowest BCUT2D eigenvalue weighted by molar-refractivity contribution is 0.653. The van der Waals surface area contributed by atoms with E-state index in [4.69, 9.17) is 14.4 Å². The molecule has 8 aromatic carbocycles. The lowest BCUT2D eigenvalue weighted by Gasteiger charge is -2.11. The zero-order valence-electron chi connectivity index (χ0n) is 26.8. The smallest absolute Gasteiger partial charge is 0.231 e. The van der Waals surface area contributed by atoms with Gasteiger partial charge in [-0.1, -0.05) is 127 Å². The summed E-state index contributed by atoms with van der Waals surface area (Å²) in [5.41, 5.74) is 7.57. The Balaban J connectivity index is 1.18. The Morgan fingerprint density at radius 1 is 0.420 bits per heavy atom. The largest absolute Gasteiger partial charge is 0.438 e. The van der Waals surface area contributed by atoms with Gasteiger partial charge in [0.1, 0.15) is 5.58 Å². The molecular formula is C46H27N3O. The summed E-state index contributed by atoms with van der Waals surface area (Å²) in [4.78, 5) is 10.4. The van der Waals surface area contributed by atoms with Crippen molar-refractivity contribution in [1.82, 2.24) is 14.5 Å². The van der Waals surface area contributed by atoms with Crippen LogP contribution in [0, 0.1) is 0 Å². The van der Waals surface area contributed by atoms with Gasteiger partial charge >= 0.3 is 0 Å². The molecular weight excluding hydrogens is 611 g/mol. The Morgan fingerprint density at radius 3 is 1.78 bits per heavy atom. The van der Waals surface area contributed by atoms with Crippen LogP contribution in [0.15, 0.2) is 168 Å². The Kier molecular flexibility index (Phi) is 5.63. The second-order valence-corrected chi connectivity index (χ2v) is 13.0. The minimum absolute atomic E-state index is 0.583. The zero-order chi connectivity index (χ0) is 32.8. The summed E-state index contributed by atoms with van der Waals surface area (Å²) in [7, 11) is 0. The highest BCUT2D eigenvalue weighted by Crippen LogP contribution is 2.42. The van der Waals surface area contributed by atoms with Crippen LogP contribution in [0.1, 0.15) is 0 Å². The molecule has 0 radical (unpaired) electrons. The number of furan rings is 1. The molecule has 3 aromatic heterocycles. The van der Waals surface area contributed by atoms with E-state index in [1.54, 1.807) is 0 Å². The minimum atomic E-state index is 0.583. The molecule has 0 fully saturated rings. The van der Waals surface area contributed by atoms with Crippen LogP contribution in [-0.4, -0.2) is 14.5 Å². The first-order chi connectivity index (χ1) is 24.8.